The molecule has 7 heteroatoms. The van der Waals surface area contributed by atoms with Crippen LogP contribution in [0.1, 0.15) is 40.4 Å². The van der Waals surface area contributed by atoms with E-state index in [0.717, 1.165) is 16.9 Å². The van der Waals surface area contributed by atoms with E-state index in [9.17, 15) is 14.0 Å². The van der Waals surface area contributed by atoms with Gasteiger partial charge in [0, 0.05) is 24.6 Å². The van der Waals surface area contributed by atoms with Crippen LogP contribution in [0.15, 0.2) is 84.9 Å². The van der Waals surface area contributed by atoms with Crippen molar-refractivity contribution in [2.45, 2.75) is 31.5 Å². The number of halogens is 1. The van der Waals surface area contributed by atoms with E-state index in [1.807, 2.05) is 36.4 Å². The summed E-state index contributed by atoms with van der Waals surface area (Å²) >= 11 is 0. The van der Waals surface area contributed by atoms with Gasteiger partial charge in [0.25, 0.3) is 5.91 Å². The number of benzene rings is 3. The Balaban J connectivity index is 1.57. The molecule has 0 fully saturated rings. The Kier molecular flexibility index (Phi) is 8.00. The molecule has 0 radical (unpaired) electrons. The molecule has 0 saturated heterocycles. The lowest BCUT2D eigenvalue weighted by Crippen LogP contribution is -2.42. The Morgan fingerprint density at radius 2 is 1.56 bits per heavy atom. The molecule has 0 bridgehead atoms. The zero-order chi connectivity index (χ0) is 25.5. The molecule has 0 unspecified atom stereocenters. The molecule has 6 nitrogen and oxygen atoms in total. The zero-order valence-corrected chi connectivity index (χ0v) is 20.3. The van der Waals surface area contributed by atoms with E-state index in [2.05, 4.69) is 5.32 Å². The SMILES string of the molecule is COc1ccc(C(=O)N[C@H]2C/C=C\[C@H](c3ccc(OC)cc3)N(Cc3ccc(F)cc3)C(=O)C2)cc1. The van der Waals surface area contributed by atoms with Gasteiger partial charge in [-0.2, -0.15) is 0 Å². The van der Waals surface area contributed by atoms with Gasteiger partial charge in [-0.25, -0.2) is 4.39 Å². The van der Waals surface area contributed by atoms with Crippen LogP contribution in [0.2, 0.25) is 0 Å². The Morgan fingerprint density at radius 1 is 0.944 bits per heavy atom. The van der Waals surface area contributed by atoms with Crippen molar-refractivity contribution in [3.63, 3.8) is 0 Å². The molecule has 0 spiro atoms. The second kappa shape index (κ2) is 11.5. The number of amides is 2. The average molecular weight is 489 g/mol. The van der Waals surface area contributed by atoms with Crippen molar-refractivity contribution >= 4 is 11.8 Å². The van der Waals surface area contributed by atoms with E-state index in [0.29, 0.717) is 24.3 Å². The quantitative estimate of drug-likeness (QED) is 0.472. The molecular weight excluding hydrogens is 459 g/mol. The summed E-state index contributed by atoms with van der Waals surface area (Å²) in [4.78, 5) is 28.2. The zero-order valence-electron chi connectivity index (χ0n) is 20.3. The Bertz CT molecular complexity index is 1210. The molecule has 36 heavy (non-hydrogen) atoms. The van der Waals surface area contributed by atoms with Gasteiger partial charge in [0.15, 0.2) is 0 Å². The highest BCUT2D eigenvalue weighted by atomic mass is 19.1. The van der Waals surface area contributed by atoms with E-state index >= 15 is 0 Å². The summed E-state index contributed by atoms with van der Waals surface area (Å²) in [7, 11) is 3.17. The molecular formula is C29H29FN2O4. The molecule has 0 aromatic heterocycles. The van der Waals surface area contributed by atoms with Crippen LogP contribution in [0, 0.1) is 5.82 Å². The highest BCUT2D eigenvalue weighted by molar-refractivity contribution is 5.94. The van der Waals surface area contributed by atoms with Gasteiger partial charge < -0.3 is 19.7 Å². The van der Waals surface area contributed by atoms with Crippen LogP contribution in [0.25, 0.3) is 0 Å². The Morgan fingerprint density at radius 3 is 2.17 bits per heavy atom. The van der Waals surface area contributed by atoms with Crippen molar-refractivity contribution in [1.29, 1.82) is 0 Å². The van der Waals surface area contributed by atoms with Crippen molar-refractivity contribution in [1.82, 2.24) is 10.2 Å². The first-order chi connectivity index (χ1) is 17.5. The van der Waals surface area contributed by atoms with Crippen LogP contribution in [0.4, 0.5) is 4.39 Å². The lowest BCUT2D eigenvalue weighted by molar-refractivity contribution is -0.134. The number of hydrogen-bond acceptors (Lipinski definition) is 4. The topological polar surface area (TPSA) is 67.9 Å². The first-order valence-electron chi connectivity index (χ1n) is 11.8. The van der Waals surface area contributed by atoms with Gasteiger partial charge >= 0.3 is 0 Å². The maximum absolute atomic E-state index is 13.6. The van der Waals surface area contributed by atoms with Crippen LogP contribution < -0.4 is 14.8 Å². The third-order valence-corrected chi connectivity index (χ3v) is 6.23. The third-order valence-electron chi connectivity index (χ3n) is 6.23. The first kappa shape index (κ1) is 25.0. The van der Waals surface area contributed by atoms with E-state index in [4.69, 9.17) is 9.47 Å². The largest absolute Gasteiger partial charge is 0.497 e. The summed E-state index contributed by atoms with van der Waals surface area (Å²) in [5.41, 5.74) is 2.24. The van der Waals surface area contributed by atoms with E-state index in [-0.39, 0.29) is 36.1 Å². The summed E-state index contributed by atoms with van der Waals surface area (Å²) in [6.07, 6.45) is 4.64. The fourth-order valence-corrected chi connectivity index (χ4v) is 4.23. The molecule has 3 aromatic carbocycles. The number of methoxy groups -OCH3 is 2. The number of rotatable bonds is 7. The Labute approximate surface area is 210 Å². The van der Waals surface area contributed by atoms with Crippen LogP contribution in [-0.2, 0) is 11.3 Å². The van der Waals surface area contributed by atoms with E-state index in [1.54, 1.807) is 55.5 Å². The molecule has 1 aliphatic heterocycles. The summed E-state index contributed by atoms with van der Waals surface area (Å²) in [5, 5.41) is 2.99. The van der Waals surface area contributed by atoms with Gasteiger partial charge in [-0.05, 0) is 66.1 Å². The first-order valence-corrected chi connectivity index (χ1v) is 11.8. The lowest BCUT2D eigenvalue weighted by atomic mass is 9.97. The highest BCUT2D eigenvalue weighted by Gasteiger charge is 2.28. The molecule has 1 aliphatic rings. The number of hydrogen-bond donors (Lipinski definition) is 1. The average Bonchev–Trinajstić information content (AvgIpc) is 2.90. The minimum absolute atomic E-state index is 0.107. The van der Waals surface area contributed by atoms with E-state index in [1.165, 1.54) is 12.1 Å². The van der Waals surface area contributed by atoms with Gasteiger partial charge in [0.05, 0.1) is 20.3 Å². The minimum atomic E-state index is -0.365. The van der Waals surface area contributed by atoms with Gasteiger partial charge in [0.1, 0.15) is 17.3 Å². The van der Waals surface area contributed by atoms with Crippen molar-refractivity contribution in [3.05, 3.63) is 107 Å². The molecule has 2 amide bonds. The maximum Gasteiger partial charge on any atom is 0.251 e. The molecule has 2 atom stereocenters. The fraction of sp³-hybridized carbons (Fsp3) is 0.241. The number of nitrogens with one attached hydrogen (secondary N) is 1. The molecule has 186 valence electrons. The normalized spacial score (nSPS) is 18.6. The number of carbonyl (C=O) groups excluding carboxylic acids is 2. The smallest absolute Gasteiger partial charge is 0.251 e. The molecule has 0 saturated carbocycles. The summed E-state index contributed by atoms with van der Waals surface area (Å²) in [5.74, 6) is 0.708. The van der Waals surface area contributed by atoms with E-state index < -0.39 is 0 Å². The molecule has 1 heterocycles. The van der Waals surface area contributed by atoms with Crippen LogP contribution in [0.3, 0.4) is 0 Å². The van der Waals surface area contributed by atoms with Gasteiger partial charge in [0.2, 0.25) is 5.91 Å². The molecule has 1 N–H and O–H groups in total. The number of carbonyl (C=O) groups is 2. The van der Waals surface area contributed by atoms with Crippen molar-refractivity contribution in [2.75, 3.05) is 14.2 Å². The third kappa shape index (κ3) is 6.10. The predicted octanol–water partition coefficient (Wildman–Crippen LogP) is 5.06. The lowest BCUT2D eigenvalue weighted by Gasteiger charge is -2.33. The van der Waals surface area contributed by atoms with Gasteiger partial charge in [-0.3, -0.25) is 9.59 Å². The predicted molar refractivity (Wildman–Crippen MR) is 135 cm³/mol. The van der Waals surface area contributed by atoms with Gasteiger partial charge in [-0.15, -0.1) is 0 Å². The van der Waals surface area contributed by atoms with Crippen molar-refractivity contribution in [3.8, 4) is 11.5 Å². The molecule has 3 aromatic rings. The van der Waals surface area contributed by atoms with Gasteiger partial charge in [-0.1, -0.05) is 36.4 Å². The Hall–Kier alpha value is -4.13. The summed E-state index contributed by atoms with van der Waals surface area (Å²) in [6, 6.07) is 19.9. The van der Waals surface area contributed by atoms with Crippen LogP contribution in [0.5, 0.6) is 11.5 Å². The molecule has 0 aliphatic carbocycles. The summed E-state index contributed by atoms with van der Waals surface area (Å²) < 4.78 is 23.9. The molecule has 4 rings (SSSR count). The second-order valence-corrected chi connectivity index (χ2v) is 8.63. The monoisotopic (exact) mass is 488 g/mol. The summed E-state index contributed by atoms with van der Waals surface area (Å²) in [6.45, 7) is 0.305. The highest BCUT2D eigenvalue weighted by Crippen LogP contribution is 2.29. The number of nitrogens with zero attached hydrogens (tertiary/aromatic N) is 1. The van der Waals surface area contributed by atoms with Crippen LogP contribution in [-0.4, -0.2) is 37.0 Å². The fourth-order valence-electron chi connectivity index (χ4n) is 4.23. The maximum atomic E-state index is 13.6. The minimum Gasteiger partial charge on any atom is -0.497 e. The van der Waals surface area contributed by atoms with Crippen LogP contribution >= 0.6 is 0 Å². The van der Waals surface area contributed by atoms with Crippen molar-refractivity contribution in [2.24, 2.45) is 0 Å². The number of ether oxygens (including phenoxy) is 2. The second-order valence-electron chi connectivity index (χ2n) is 8.63. The van der Waals surface area contributed by atoms with Crippen molar-refractivity contribution < 1.29 is 23.5 Å². The standard InChI is InChI=1S/C29H29FN2O4/c1-35-25-14-8-21(9-15-25)27-5-3-4-24(31-29(34)22-10-16-26(36-2)17-11-22)18-28(33)32(27)19-20-6-12-23(30)13-7-20/h3,5-17,24,27H,4,18-19H2,1-2H3,(H,31,34)/b5-3-/t24-,27+/m0/s1.